The molecule has 100 valence electrons. The SMILES string of the molecule is CCNCc1ccnc(C2CSC(C)C(C)S2)n1. The zero-order valence-electron chi connectivity index (χ0n) is 11.2. The molecule has 5 heteroatoms. The molecule has 1 N–H and O–H groups in total. The van der Waals surface area contributed by atoms with Crippen LogP contribution in [0.15, 0.2) is 12.3 Å². The largest absolute Gasteiger partial charge is 0.311 e. The van der Waals surface area contributed by atoms with E-state index >= 15 is 0 Å². The lowest BCUT2D eigenvalue weighted by molar-refractivity contribution is 0.700. The van der Waals surface area contributed by atoms with Crippen molar-refractivity contribution in [2.24, 2.45) is 0 Å². The maximum Gasteiger partial charge on any atom is 0.142 e. The summed E-state index contributed by atoms with van der Waals surface area (Å²) in [6, 6.07) is 2.00. The van der Waals surface area contributed by atoms with E-state index < -0.39 is 0 Å². The third kappa shape index (κ3) is 3.62. The van der Waals surface area contributed by atoms with Gasteiger partial charge in [-0.15, -0.1) is 11.8 Å². The van der Waals surface area contributed by atoms with E-state index in [1.54, 1.807) is 0 Å². The van der Waals surface area contributed by atoms with Crippen LogP contribution in [0.5, 0.6) is 0 Å². The van der Waals surface area contributed by atoms with E-state index in [1.165, 1.54) is 0 Å². The molecule has 0 bridgehead atoms. The quantitative estimate of drug-likeness (QED) is 0.920. The van der Waals surface area contributed by atoms with Crippen molar-refractivity contribution in [1.29, 1.82) is 0 Å². The molecule has 2 heterocycles. The van der Waals surface area contributed by atoms with E-state index in [0.29, 0.717) is 10.5 Å². The predicted molar refractivity (Wildman–Crippen MR) is 81.1 cm³/mol. The molecular weight excluding hydrogens is 262 g/mol. The summed E-state index contributed by atoms with van der Waals surface area (Å²) in [5.41, 5.74) is 1.10. The van der Waals surface area contributed by atoms with Crippen LogP contribution in [0.2, 0.25) is 0 Å². The summed E-state index contributed by atoms with van der Waals surface area (Å²) in [5, 5.41) is 5.16. The summed E-state index contributed by atoms with van der Waals surface area (Å²) in [4.78, 5) is 9.14. The van der Waals surface area contributed by atoms with E-state index in [9.17, 15) is 0 Å². The highest BCUT2D eigenvalue weighted by molar-refractivity contribution is 8.07. The fourth-order valence-corrected chi connectivity index (χ4v) is 4.69. The molecule has 0 saturated carbocycles. The molecule has 3 unspecified atom stereocenters. The first-order valence-electron chi connectivity index (χ1n) is 6.50. The molecule has 18 heavy (non-hydrogen) atoms. The second-order valence-corrected chi connectivity index (χ2v) is 7.55. The van der Waals surface area contributed by atoms with Crippen molar-refractivity contribution in [2.75, 3.05) is 12.3 Å². The normalized spacial score (nSPS) is 28.3. The van der Waals surface area contributed by atoms with Gasteiger partial charge in [-0.25, -0.2) is 9.97 Å². The summed E-state index contributed by atoms with van der Waals surface area (Å²) in [5.74, 6) is 2.13. The van der Waals surface area contributed by atoms with Gasteiger partial charge < -0.3 is 5.32 Å². The highest BCUT2D eigenvalue weighted by atomic mass is 32.2. The minimum Gasteiger partial charge on any atom is -0.311 e. The van der Waals surface area contributed by atoms with Crippen LogP contribution in [-0.4, -0.2) is 32.8 Å². The standard InChI is InChI=1S/C13H21N3S2/c1-4-14-7-11-5-6-15-13(16-11)12-8-17-9(2)10(3)18-12/h5-6,9-10,12,14H,4,7-8H2,1-3H3. The number of hydrogen-bond acceptors (Lipinski definition) is 5. The van der Waals surface area contributed by atoms with Gasteiger partial charge in [0.25, 0.3) is 0 Å². The van der Waals surface area contributed by atoms with Crippen molar-refractivity contribution in [1.82, 2.24) is 15.3 Å². The molecular formula is C13H21N3S2. The first kappa shape index (κ1) is 14.2. The summed E-state index contributed by atoms with van der Waals surface area (Å²) >= 11 is 4.05. The molecule has 0 amide bonds. The lowest BCUT2D eigenvalue weighted by atomic mass is 10.3. The highest BCUT2D eigenvalue weighted by Gasteiger charge is 2.28. The Balaban J connectivity index is 2.04. The molecule has 3 atom stereocenters. The van der Waals surface area contributed by atoms with Gasteiger partial charge in [-0.3, -0.25) is 0 Å². The molecule has 0 aliphatic carbocycles. The fraction of sp³-hybridized carbons (Fsp3) is 0.692. The Hall–Kier alpha value is -0.260. The number of rotatable bonds is 4. The molecule has 2 rings (SSSR count). The van der Waals surface area contributed by atoms with Gasteiger partial charge in [0.15, 0.2) is 0 Å². The molecule has 1 aromatic heterocycles. The van der Waals surface area contributed by atoms with E-state index in [0.717, 1.165) is 35.6 Å². The molecule has 0 spiro atoms. The second kappa shape index (κ2) is 6.78. The fourth-order valence-electron chi connectivity index (χ4n) is 1.84. The van der Waals surface area contributed by atoms with Gasteiger partial charge in [-0.1, -0.05) is 20.8 Å². The van der Waals surface area contributed by atoms with Crippen molar-refractivity contribution in [2.45, 2.75) is 43.1 Å². The Morgan fingerprint density at radius 3 is 2.94 bits per heavy atom. The third-order valence-corrected chi connectivity index (χ3v) is 6.51. The number of nitrogens with zero attached hydrogens (tertiary/aromatic N) is 2. The number of thioether (sulfide) groups is 2. The van der Waals surface area contributed by atoms with Crippen LogP contribution in [0, 0.1) is 0 Å². The van der Waals surface area contributed by atoms with Crippen LogP contribution < -0.4 is 5.32 Å². The van der Waals surface area contributed by atoms with Crippen LogP contribution in [0.3, 0.4) is 0 Å². The maximum atomic E-state index is 4.69. The smallest absolute Gasteiger partial charge is 0.142 e. The van der Waals surface area contributed by atoms with Gasteiger partial charge in [-0.2, -0.15) is 11.8 Å². The topological polar surface area (TPSA) is 37.8 Å². The molecule has 1 saturated heterocycles. The minimum atomic E-state index is 0.447. The van der Waals surface area contributed by atoms with Crippen LogP contribution >= 0.6 is 23.5 Å². The first-order chi connectivity index (χ1) is 8.70. The van der Waals surface area contributed by atoms with Gasteiger partial charge in [0.05, 0.1) is 10.9 Å². The van der Waals surface area contributed by atoms with Gasteiger partial charge >= 0.3 is 0 Å². The molecule has 1 fully saturated rings. The lowest BCUT2D eigenvalue weighted by Gasteiger charge is -2.30. The molecule has 1 aliphatic rings. The average Bonchev–Trinajstić information content (AvgIpc) is 2.40. The summed E-state index contributed by atoms with van der Waals surface area (Å²) in [6.07, 6.45) is 1.89. The van der Waals surface area contributed by atoms with Crippen molar-refractivity contribution in [3.05, 3.63) is 23.8 Å². The van der Waals surface area contributed by atoms with Crippen LogP contribution in [0.1, 0.15) is 37.5 Å². The number of aromatic nitrogens is 2. The highest BCUT2D eigenvalue weighted by Crippen LogP contribution is 2.43. The second-order valence-electron chi connectivity index (χ2n) is 4.55. The maximum absolute atomic E-state index is 4.69. The summed E-state index contributed by atoms with van der Waals surface area (Å²) in [6.45, 7) is 8.53. The average molecular weight is 283 g/mol. The zero-order valence-corrected chi connectivity index (χ0v) is 12.9. The predicted octanol–water partition coefficient (Wildman–Crippen LogP) is 2.88. The van der Waals surface area contributed by atoms with E-state index in [4.69, 9.17) is 0 Å². The van der Waals surface area contributed by atoms with Crippen LogP contribution in [0.4, 0.5) is 0 Å². The molecule has 0 aromatic carbocycles. The van der Waals surface area contributed by atoms with Crippen molar-refractivity contribution >= 4 is 23.5 Å². The number of hydrogen-bond donors (Lipinski definition) is 1. The summed E-state index contributed by atoms with van der Waals surface area (Å²) in [7, 11) is 0. The zero-order chi connectivity index (χ0) is 13.0. The van der Waals surface area contributed by atoms with Gasteiger partial charge in [0, 0.05) is 29.0 Å². The van der Waals surface area contributed by atoms with E-state index in [2.05, 4.69) is 36.1 Å². The third-order valence-electron chi connectivity index (χ3n) is 3.13. The molecule has 3 nitrogen and oxygen atoms in total. The monoisotopic (exact) mass is 283 g/mol. The Kier molecular flexibility index (Phi) is 5.33. The van der Waals surface area contributed by atoms with Crippen LogP contribution in [-0.2, 0) is 6.54 Å². The van der Waals surface area contributed by atoms with Crippen molar-refractivity contribution in [3.63, 3.8) is 0 Å². The molecule has 1 aromatic rings. The molecule has 1 aliphatic heterocycles. The Morgan fingerprint density at radius 2 is 2.22 bits per heavy atom. The minimum absolute atomic E-state index is 0.447. The van der Waals surface area contributed by atoms with Crippen molar-refractivity contribution in [3.8, 4) is 0 Å². The summed E-state index contributed by atoms with van der Waals surface area (Å²) < 4.78 is 0. The molecule has 0 radical (unpaired) electrons. The number of nitrogens with one attached hydrogen (secondary N) is 1. The Labute approximate surface area is 118 Å². The Morgan fingerprint density at radius 1 is 1.39 bits per heavy atom. The van der Waals surface area contributed by atoms with Gasteiger partial charge in [0.1, 0.15) is 5.82 Å². The Bertz CT molecular complexity index is 386. The lowest BCUT2D eigenvalue weighted by Crippen LogP contribution is -2.23. The van der Waals surface area contributed by atoms with Gasteiger partial charge in [-0.05, 0) is 12.6 Å². The first-order valence-corrected chi connectivity index (χ1v) is 8.49. The van der Waals surface area contributed by atoms with E-state index in [-0.39, 0.29) is 0 Å². The van der Waals surface area contributed by atoms with E-state index in [1.807, 2.05) is 35.8 Å². The van der Waals surface area contributed by atoms with Crippen molar-refractivity contribution < 1.29 is 0 Å². The van der Waals surface area contributed by atoms with Crippen LogP contribution in [0.25, 0.3) is 0 Å². The van der Waals surface area contributed by atoms with Gasteiger partial charge in [0.2, 0.25) is 0 Å².